The van der Waals surface area contributed by atoms with Gasteiger partial charge in [0.25, 0.3) is 0 Å². The Morgan fingerprint density at radius 2 is 1.72 bits per heavy atom. The third kappa shape index (κ3) is 7.44. The van der Waals surface area contributed by atoms with Crippen molar-refractivity contribution >= 4 is 35.6 Å². The molecule has 0 amide bonds. The first-order valence-electron chi connectivity index (χ1n) is 8.38. The molecule has 0 bridgehead atoms. The summed E-state index contributed by atoms with van der Waals surface area (Å²) in [5, 5.41) is 3.16. The molecule has 0 aromatic heterocycles. The SMILES string of the molecule is CCCOCc1ccccc1CN=C(N)Nc1cc(C)cc(C)c1.I. The lowest BCUT2D eigenvalue weighted by atomic mass is 10.1. The van der Waals surface area contributed by atoms with Crippen molar-refractivity contribution in [1.29, 1.82) is 0 Å². The Morgan fingerprint density at radius 3 is 2.36 bits per heavy atom. The van der Waals surface area contributed by atoms with Crippen molar-refractivity contribution in [2.75, 3.05) is 11.9 Å². The number of nitrogens with two attached hydrogens (primary N) is 1. The quantitative estimate of drug-likeness (QED) is 0.275. The van der Waals surface area contributed by atoms with Crippen LogP contribution in [-0.2, 0) is 17.9 Å². The molecular formula is C20H28IN3O. The van der Waals surface area contributed by atoms with E-state index in [1.807, 2.05) is 12.1 Å². The molecule has 5 heteroatoms. The maximum atomic E-state index is 6.03. The molecule has 2 rings (SSSR count). The van der Waals surface area contributed by atoms with Gasteiger partial charge >= 0.3 is 0 Å². The van der Waals surface area contributed by atoms with Gasteiger partial charge in [-0.15, -0.1) is 24.0 Å². The minimum atomic E-state index is 0. The second kappa shape index (κ2) is 11.1. The van der Waals surface area contributed by atoms with Gasteiger partial charge in [-0.1, -0.05) is 37.3 Å². The molecule has 0 heterocycles. The highest BCUT2D eigenvalue weighted by atomic mass is 127. The fraction of sp³-hybridized carbons (Fsp3) is 0.350. The monoisotopic (exact) mass is 453 g/mol. The number of rotatable bonds is 7. The van der Waals surface area contributed by atoms with Crippen molar-refractivity contribution in [3.05, 3.63) is 64.7 Å². The molecule has 136 valence electrons. The first kappa shape index (κ1) is 21.4. The van der Waals surface area contributed by atoms with Crippen LogP contribution in [0.3, 0.4) is 0 Å². The van der Waals surface area contributed by atoms with Crippen molar-refractivity contribution in [3.63, 3.8) is 0 Å². The Balaban J connectivity index is 0.00000312. The maximum absolute atomic E-state index is 6.03. The Hall–Kier alpha value is -1.60. The molecule has 0 fully saturated rings. The van der Waals surface area contributed by atoms with E-state index in [1.165, 1.54) is 11.1 Å². The Morgan fingerprint density at radius 1 is 1.08 bits per heavy atom. The van der Waals surface area contributed by atoms with E-state index in [0.29, 0.717) is 19.1 Å². The molecule has 25 heavy (non-hydrogen) atoms. The van der Waals surface area contributed by atoms with Crippen molar-refractivity contribution < 1.29 is 4.74 Å². The molecule has 0 saturated carbocycles. The van der Waals surface area contributed by atoms with Crippen LogP contribution in [0.2, 0.25) is 0 Å². The highest BCUT2D eigenvalue weighted by Gasteiger charge is 2.02. The summed E-state index contributed by atoms with van der Waals surface area (Å²) >= 11 is 0. The number of benzene rings is 2. The van der Waals surface area contributed by atoms with Gasteiger partial charge in [0.2, 0.25) is 0 Å². The smallest absolute Gasteiger partial charge is 0.193 e. The minimum absolute atomic E-state index is 0. The topological polar surface area (TPSA) is 59.6 Å². The Labute approximate surface area is 167 Å². The average Bonchev–Trinajstić information content (AvgIpc) is 2.53. The zero-order chi connectivity index (χ0) is 17.4. The van der Waals surface area contributed by atoms with E-state index in [1.54, 1.807) is 0 Å². The van der Waals surface area contributed by atoms with E-state index < -0.39 is 0 Å². The number of aliphatic imine (C=N–C) groups is 1. The van der Waals surface area contributed by atoms with Crippen molar-refractivity contribution in [1.82, 2.24) is 0 Å². The number of aryl methyl sites for hydroxylation is 2. The predicted octanol–water partition coefficient (Wildman–Crippen LogP) is 4.77. The van der Waals surface area contributed by atoms with Crippen molar-refractivity contribution in [2.24, 2.45) is 10.7 Å². The summed E-state index contributed by atoms with van der Waals surface area (Å²) in [7, 11) is 0. The standard InChI is InChI=1S/C20H27N3O.HI/c1-4-9-24-14-18-8-6-5-7-17(18)13-22-20(21)23-19-11-15(2)10-16(3)12-19;/h5-8,10-12H,4,9,13-14H2,1-3H3,(H3,21,22,23);1H. The van der Waals surface area contributed by atoms with Crippen LogP contribution in [0.4, 0.5) is 5.69 Å². The van der Waals surface area contributed by atoms with E-state index in [0.717, 1.165) is 29.8 Å². The molecule has 3 N–H and O–H groups in total. The third-order valence-electron chi connectivity index (χ3n) is 3.64. The van der Waals surface area contributed by atoms with E-state index in [9.17, 15) is 0 Å². The van der Waals surface area contributed by atoms with Crippen LogP contribution in [0.15, 0.2) is 47.5 Å². The average molecular weight is 453 g/mol. The third-order valence-corrected chi connectivity index (χ3v) is 3.64. The van der Waals surface area contributed by atoms with Gasteiger partial charge in [-0.3, -0.25) is 0 Å². The van der Waals surface area contributed by atoms with Gasteiger partial charge in [0.15, 0.2) is 5.96 Å². The molecule has 0 aliphatic carbocycles. The summed E-state index contributed by atoms with van der Waals surface area (Å²) in [6, 6.07) is 14.4. The fourth-order valence-electron chi connectivity index (χ4n) is 2.58. The van der Waals surface area contributed by atoms with Crippen LogP contribution >= 0.6 is 24.0 Å². The zero-order valence-electron chi connectivity index (χ0n) is 15.2. The van der Waals surface area contributed by atoms with Gasteiger partial charge in [-0.25, -0.2) is 4.99 Å². The summed E-state index contributed by atoms with van der Waals surface area (Å²) in [6.07, 6.45) is 1.02. The van der Waals surface area contributed by atoms with Crippen LogP contribution in [0.1, 0.15) is 35.6 Å². The molecule has 0 atom stereocenters. The van der Waals surface area contributed by atoms with Gasteiger partial charge in [-0.05, 0) is 54.7 Å². The molecule has 2 aromatic carbocycles. The number of anilines is 1. The van der Waals surface area contributed by atoms with Gasteiger partial charge in [0.1, 0.15) is 0 Å². The predicted molar refractivity (Wildman–Crippen MR) is 117 cm³/mol. The van der Waals surface area contributed by atoms with Crippen LogP contribution in [0.25, 0.3) is 0 Å². The van der Waals surface area contributed by atoms with E-state index in [-0.39, 0.29) is 24.0 Å². The van der Waals surface area contributed by atoms with E-state index in [4.69, 9.17) is 10.5 Å². The molecule has 2 aromatic rings. The molecule has 0 unspecified atom stereocenters. The number of ether oxygens (including phenoxy) is 1. The van der Waals surface area contributed by atoms with E-state index >= 15 is 0 Å². The lowest BCUT2D eigenvalue weighted by molar-refractivity contribution is 0.121. The number of halogens is 1. The largest absolute Gasteiger partial charge is 0.377 e. The summed E-state index contributed by atoms with van der Waals surface area (Å²) in [6.45, 7) is 8.17. The van der Waals surface area contributed by atoms with Crippen molar-refractivity contribution in [3.8, 4) is 0 Å². The van der Waals surface area contributed by atoms with Crippen LogP contribution < -0.4 is 11.1 Å². The van der Waals surface area contributed by atoms with Crippen molar-refractivity contribution in [2.45, 2.75) is 40.3 Å². The van der Waals surface area contributed by atoms with Crippen LogP contribution in [-0.4, -0.2) is 12.6 Å². The molecule has 0 aliphatic heterocycles. The number of nitrogens with zero attached hydrogens (tertiary/aromatic N) is 1. The molecule has 0 spiro atoms. The maximum Gasteiger partial charge on any atom is 0.193 e. The van der Waals surface area contributed by atoms with Gasteiger partial charge < -0.3 is 15.8 Å². The molecule has 0 radical (unpaired) electrons. The van der Waals surface area contributed by atoms with Gasteiger partial charge in [-0.2, -0.15) is 0 Å². The number of guanidine groups is 1. The summed E-state index contributed by atoms with van der Waals surface area (Å²) in [4.78, 5) is 4.47. The fourth-order valence-corrected chi connectivity index (χ4v) is 2.58. The number of nitrogens with one attached hydrogen (secondary N) is 1. The minimum Gasteiger partial charge on any atom is -0.377 e. The van der Waals surface area contributed by atoms with Gasteiger partial charge in [0, 0.05) is 12.3 Å². The number of hydrogen-bond acceptors (Lipinski definition) is 2. The molecule has 0 aliphatic rings. The summed E-state index contributed by atoms with van der Waals surface area (Å²) in [5.41, 5.74) is 11.7. The lowest BCUT2D eigenvalue weighted by Gasteiger charge is -2.10. The molecular weight excluding hydrogens is 425 g/mol. The zero-order valence-corrected chi connectivity index (χ0v) is 17.5. The lowest BCUT2D eigenvalue weighted by Crippen LogP contribution is -2.22. The van der Waals surface area contributed by atoms with Crippen LogP contribution in [0, 0.1) is 13.8 Å². The molecule has 0 saturated heterocycles. The highest BCUT2D eigenvalue weighted by molar-refractivity contribution is 14.0. The van der Waals surface area contributed by atoms with Crippen LogP contribution in [0.5, 0.6) is 0 Å². The number of hydrogen-bond donors (Lipinski definition) is 2. The molecule has 4 nitrogen and oxygen atoms in total. The first-order chi connectivity index (χ1) is 11.6. The normalized spacial score (nSPS) is 11.1. The second-order valence-electron chi connectivity index (χ2n) is 6.02. The summed E-state index contributed by atoms with van der Waals surface area (Å²) < 4.78 is 5.64. The van der Waals surface area contributed by atoms with Gasteiger partial charge in [0.05, 0.1) is 13.2 Å². The van der Waals surface area contributed by atoms with E-state index in [2.05, 4.69) is 61.4 Å². The second-order valence-corrected chi connectivity index (χ2v) is 6.02. The first-order valence-corrected chi connectivity index (χ1v) is 8.38. The Kier molecular flexibility index (Phi) is 9.52. The summed E-state index contributed by atoms with van der Waals surface area (Å²) in [5.74, 6) is 0.421. The Bertz CT molecular complexity index is 681. The highest BCUT2D eigenvalue weighted by Crippen LogP contribution is 2.14.